The van der Waals surface area contributed by atoms with E-state index >= 15 is 0 Å². The molecular weight excluding hydrogens is 246 g/mol. The van der Waals surface area contributed by atoms with Crippen molar-refractivity contribution in [1.82, 2.24) is 10.4 Å². The highest BCUT2D eigenvalue weighted by molar-refractivity contribution is 8.16. The number of amides is 1. The first-order chi connectivity index (χ1) is 8.60. The second kappa shape index (κ2) is 4.53. The molecule has 3 atom stereocenters. The molecule has 1 aliphatic carbocycles. The average Bonchev–Trinajstić information content (AvgIpc) is 2.95. The Bertz CT molecular complexity index is 386. The number of thioether (sulfide) groups is 1. The summed E-state index contributed by atoms with van der Waals surface area (Å²) in [5.41, 5.74) is 3.35. The standard InChI is InChI=1S/C13H21N3OS/c1-3-13(2)11(17)14-12(18-13)15-16-7-9-5-4-6-10(9)8-16/h9-10H,3-8H2,1-2H3,(H,14,15,17). The van der Waals surface area contributed by atoms with Gasteiger partial charge in [-0.1, -0.05) is 25.1 Å². The van der Waals surface area contributed by atoms with Crippen molar-refractivity contribution in [2.45, 2.75) is 44.3 Å². The topological polar surface area (TPSA) is 44.7 Å². The number of nitrogens with zero attached hydrogens (tertiary/aromatic N) is 2. The van der Waals surface area contributed by atoms with E-state index in [2.05, 4.69) is 15.4 Å². The summed E-state index contributed by atoms with van der Waals surface area (Å²) in [6.45, 7) is 6.25. The third-order valence-corrected chi connectivity index (χ3v) is 5.92. The Labute approximate surface area is 113 Å². The quantitative estimate of drug-likeness (QED) is 0.831. The Balaban J connectivity index is 1.59. The Morgan fingerprint density at radius 2 is 2.11 bits per heavy atom. The molecule has 0 aromatic carbocycles. The molecule has 18 heavy (non-hydrogen) atoms. The zero-order valence-corrected chi connectivity index (χ0v) is 11.9. The van der Waals surface area contributed by atoms with Crippen LogP contribution in [0.2, 0.25) is 0 Å². The van der Waals surface area contributed by atoms with Crippen LogP contribution in [0.1, 0.15) is 39.5 Å². The van der Waals surface area contributed by atoms with Crippen LogP contribution in [0.4, 0.5) is 0 Å². The van der Waals surface area contributed by atoms with Gasteiger partial charge in [0, 0.05) is 13.1 Å². The van der Waals surface area contributed by atoms with Gasteiger partial charge in [0.2, 0.25) is 0 Å². The van der Waals surface area contributed by atoms with Gasteiger partial charge in [0.05, 0.1) is 0 Å². The highest BCUT2D eigenvalue weighted by Gasteiger charge is 2.41. The predicted molar refractivity (Wildman–Crippen MR) is 74.3 cm³/mol. The second-order valence-corrected chi connectivity index (χ2v) is 7.37. The zero-order valence-electron chi connectivity index (χ0n) is 11.1. The van der Waals surface area contributed by atoms with Crippen molar-refractivity contribution in [1.29, 1.82) is 0 Å². The van der Waals surface area contributed by atoms with E-state index in [1.54, 1.807) is 11.8 Å². The summed E-state index contributed by atoms with van der Waals surface area (Å²) in [5.74, 6) is 1.73. The molecule has 2 aliphatic heterocycles. The number of carbonyl (C=O) groups excluding carboxylic acids is 1. The van der Waals surface area contributed by atoms with Gasteiger partial charge >= 0.3 is 0 Å². The van der Waals surface area contributed by atoms with E-state index in [1.165, 1.54) is 19.3 Å². The van der Waals surface area contributed by atoms with Crippen LogP contribution >= 0.6 is 11.8 Å². The van der Waals surface area contributed by atoms with Gasteiger partial charge < -0.3 is 0 Å². The molecule has 2 heterocycles. The summed E-state index contributed by atoms with van der Waals surface area (Å²) < 4.78 is -0.349. The molecule has 3 aliphatic rings. The van der Waals surface area contributed by atoms with Crippen LogP contribution in [0.15, 0.2) is 4.99 Å². The number of aliphatic imine (C=N–C) groups is 1. The van der Waals surface area contributed by atoms with Crippen LogP contribution < -0.4 is 5.43 Å². The van der Waals surface area contributed by atoms with E-state index in [9.17, 15) is 4.79 Å². The number of hydrogen-bond acceptors (Lipinski definition) is 4. The maximum absolute atomic E-state index is 11.8. The molecule has 5 heteroatoms. The SMILES string of the molecule is CCC1(C)SC(NN2CC3CCCC3C2)=NC1=O. The van der Waals surface area contributed by atoms with Crippen molar-refractivity contribution in [3.05, 3.63) is 0 Å². The fraction of sp³-hybridized carbons (Fsp3) is 0.846. The molecule has 1 amide bonds. The van der Waals surface area contributed by atoms with E-state index in [4.69, 9.17) is 0 Å². The molecule has 1 saturated heterocycles. The summed E-state index contributed by atoms with van der Waals surface area (Å²) in [6.07, 6.45) is 4.96. The van der Waals surface area contributed by atoms with Gasteiger partial charge in [-0.3, -0.25) is 10.2 Å². The average molecular weight is 267 g/mol. The highest BCUT2D eigenvalue weighted by atomic mass is 32.2. The Kier molecular flexibility index (Phi) is 3.14. The van der Waals surface area contributed by atoms with E-state index < -0.39 is 0 Å². The molecule has 0 spiro atoms. The van der Waals surface area contributed by atoms with Gasteiger partial charge in [-0.05, 0) is 38.0 Å². The van der Waals surface area contributed by atoms with Crippen LogP contribution in [0, 0.1) is 11.8 Å². The molecule has 0 radical (unpaired) electrons. The molecule has 4 nitrogen and oxygen atoms in total. The number of fused-ring (bicyclic) bond motifs is 1. The molecule has 0 bridgehead atoms. The molecule has 3 rings (SSSR count). The number of amidine groups is 1. The van der Waals surface area contributed by atoms with Crippen molar-refractivity contribution < 1.29 is 4.79 Å². The third-order valence-electron chi connectivity index (χ3n) is 4.63. The highest BCUT2D eigenvalue weighted by Crippen LogP contribution is 2.39. The van der Waals surface area contributed by atoms with Crippen LogP contribution in [-0.2, 0) is 4.79 Å². The van der Waals surface area contributed by atoms with E-state index in [0.29, 0.717) is 0 Å². The maximum atomic E-state index is 11.8. The summed E-state index contributed by atoms with van der Waals surface area (Å²) in [4.78, 5) is 16.0. The Hall–Kier alpha value is -0.550. The molecule has 1 saturated carbocycles. The molecule has 3 unspecified atom stereocenters. The molecule has 100 valence electrons. The molecule has 1 N–H and O–H groups in total. The first-order valence-electron chi connectivity index (χ1n) is 6.94. The minimum absolute atomic E-state index is 0.0110. The summed E-state index contributed by atoms with van der Waals surface area (Å²) in [5, 5.41) is 3.05. The summed E-state index contributed by atoms with van der Waals surface area (Å²) >= 11 is 1.58. The minimum Gasteiger partial charge on any atom is -0.297 e. The van der Waals surface area contributed by atoms with Crippen LogP contribution in [0.25, 0.3) is 0 Å². The van der Waals surface area contributed by atoms with Crippen molar-refractivity contribution in [3.63, 3.8) is 0 Å². The third kappa shape index (κ3) is 2.07. The van der Waals surface area contributed by atoms with E-state index in [-0.39, 0.29) is 10.7 Å². The van der Waals surface area contributed by atoms with Gasteiger partial charge in [0.15, 0.2) is 5.17 Å². The number of nitrogens with one attached hydrogen (secondary N) is 1. The van der Waals surface area contributed by atoms with Crippen molar-refractivity contribution in [2.75, 3.05) is 13.1 Å². The van der Waals surface area contributed by atoms with Crippen LogP contribution in [0.5, 0.6) is 0 Å². The lowest BCUT2D eigenvalue weighted by atomic mass is 10.0. The lowest BCUT2D eigenvalue weighted by molar-refractivity contribution is -0.119. The fourth-order valence-electron chi connectivity index (χ4n) is 3.22. The summed E-state index contributed by atoms with van der Waals surface area (Å²) in [7, 11) is 0. The molecule has 0 aromatic rings. The lowest BCUT2D eigenvalue weighted by Crippen LogP contribution is -2.39. The summed E-state index contributed by atoms with van der Waals surface area (Å²) in [6, 6.07) is 0. The number of rotatable bonds is 2. The normalized spacial score (nSPS) is 40.1. The molecule has 2 fully saturated rings. The maximum Gasteiger partial charge on any atom is 0.264 e. The minimum atomic E-state index is -0.349. The van der Waals surface area contributed by atoms with Crippen molar-refractivity contribution in [2.24, 2.45) is 16.8 Å². The monoisotopic (exact) mass is 267 g/mol. The van der Waals surface area contributed by atoms with Gasteiger partial charge in [-0.25, -0.2) is 5.01 Å². The first kappa shape index (κ1) is 12.5. The lowest BCUT2D eigenvalue weighted by Gasteiger charge is -2.21. The van der Waals surface area contributed by atoms with E-state index in [0.717, 1.165) is 36.5 Å². The number of hydrazine groups is 1. The zero-order chi connectivity index (χ0) is 12.8. The van der Waals surface area contributed by atoms with Crippen LogP contribution in [0.3, 0.4) is 0 Å². The number of carbonyl (C=O) groups is 1. The second-order valence-electron chi connectivity index (χ2n) is 5.88. The fourth-order valence-corrected chi connectivity index (χ4v) is 4.23. The van der Waals surface area contributed by atoms with Gasteiger partial charge in [-0.2, -0.15) is 4.99 Å². The smallest absolute Gasteiger partial charge is 0.264 e. The van der Waals surface area contributed by atoms with Crippen molar-refractivity contribution in [3.8, 4) is 0 Å². The largest absolute Gasteiger partial charge is 0.297 e. The van der Waals surface area contributed by atoms with Crippen molar-refractivity contribution >= 4 is 22.8 Å². The van der Waals surface area contributed by atoms with Gasteiger partial charge in [0.1, 0.15) is 4.75 Å². The molecular formula is C13H21N3OS. The Morgan fingerprint density at radius 1 is 1.44 bits per heavy atom. The van der Waals surface area contributed by atoms with Crippen LogP contribution in [-0.4, -0.2) is 33.9 Å². The van der Waals surface area contributed by atoms with Gasteiger partial charge in [-0.15, -0.1) is 0 Å². The number of hydrogen-bond donors (Lipinski definition) is 1. The predicted octanol–water partition coefficient (Wildman–Crippen LogP) is 2.02. The van der Waals surface area contributed by atoms with Gasteiger partial charge in [0.25, 0.3) is 5.91 Å². The van der Waals surface area contributed by atoms with E-state index in [1.807, 2.05) is 13.8 Å². The first-order valence-corrected chi connectivity index (χ1v) is 7.76. The Morgan fingerprint density at radius 3 is 2.67 bits per heavy atom. The molecule has 0 aromatic heterocycles.